The molecule has 118 valence electrons. The van der Waals surface area contributed by atoms with Crippen molar-refractivity contribution in [2.45, 2.75) is 63.5 Å². The maximum atomic E-state index is 12.1. The van der Waals surface area contributed by atoms with Crippen LogP contribution in [-0.4, -0.2) is 42.5 Å². The first-order chi connectivity index (χ1) is 10.1. The van der Waals surface area contributed by atoms with Crippen LogP contribution in [0.15, 0.2) is 0 Å². The summed E-state index contributed by atoms with van der Waals surface area (Å²) < 4.78 is 0. The van der Waals surface area contributed by atoms with Crippen molar-refractivity contribution in [3.8, 4) is 0 Å². The molecule has 2 saturated carbocycles. The largest absolute Gasteiger partial charge is 0.344 e. The highest BCUT2D eigenvalue weighted by atomic mass is 16.2. The van der Waals surface area contributed by atoms with Gasteiger partial charge < -0.3 is 15.5 Å². The Morgan fingerprint density at radius 3 is 2.62 bits per heavy atom. The lowest BCUT2D eigenvalue weighted by molar-refractivity contribution is -0.132. The molecule has 1 aliphatic heterocycles. The van der Waals surface area contributed by atoms with E-state index < -0.39 is 0 Å². The Labute approximate surface area is 126 Å². The summed E-state index contributed by atoms with van der Waals surface area (Å²) >= 11 is 0. The maximum Gasteiger partial charge on any atom is 0.315 e. The monoisotopic (exact) mass is 293 g/mol. The molecule has 3 rings (SSSR count). The third-order valence-corrected chi connectivity index (χ3v) is 5.37. The highest BCUT2D eigenvalue weighted by Crippen LogP contribution is 2.44. The lowest BCUT2D eigenvalue weighted by Gasteiger charge is -2.30. The molecule has 2 aliphatic carbocycles. The Bertz CT molecular complexity index is 406. The van der Waals surface area contributed by atoms with E-state index in [9.17, 15) is 9.59 Å². The SMILES string of the molecule is CN1CC(NC(=O)NC2CC2C2CCCCC2)CCC1=O. The summed E-state index contributed by atoms with van der Waals surface area (Å²) in [6, 6.07) is 0.432. The van der Waals surface area contributed by atoms with Gasteiger partial charge in [-0.3, -0.25) is 4.79 Å². The molecule has 1 saturated heterocycles. The van der Waals surface area contributed by atoms with E-state index in [2.05, 4.69) is 10.6 Å². The third-order valence-electron chi connectivity index (χ3n) is 5.37. The predicted octanol–water partition coefficient (Wildman–Crippen LogP) is 1.88. The Morgan fingerprint density at radius 2 is 1.90 bits per heavy atom. The summed E-state index contributed by atoms with van der Waals surface area (Å²) in [6.45, 7) is 0.628. The Balaban J connectivity index is 1.38. The summed E-state index contributed by atoms with van der Waals surface area (Å²) in [5, 5.41) is 6.14. The first-order valence-electron chi connectivity index (χ1n) is 8.44. The number of nitrogens with one attached hydrogen (secondary N) is 2. The minimum Gasteiger partial charge on any atom is -0.344 e. The smallest absolute Gasteiger partial charge is 0.315 e. The molecule has 5 nitrogen and oxygen atoms in total. The summed E-state index contributed by atoms with van der Waals surface area (Å²) in [5.41, 5.74) is 0. The summed E-state index contributed by atoms with van der Waals surface area (Å²) in [4.78, 5) is 25.2. The van der Waals surface area contributed by atoms with E-state index in [1.807, 2.05) is 0 Å². The van der Waals surface area contributed by atoms with Gasteiger partial charge in [0, 0.05) is 32.1 Å². The van der Waals surface area contributed by atoms with Crippen LogP contribution in [0.25, 0.3) is 0 Å². The molecule has 3 unspecified atom stereocenters. The molecule has 0 aromatic rings. The highest BCUT2D eigenvalue weighted by Gasteiger charge is 2.43. The van der Waals surface area contributed by atoms with Gasteiger partial charge in [-0.2, -0.15) is 0 Å². The zero-order valence-corrected chi connectivity index (χ0v) is 12.9. The molecule has 0 aromatic heterocycles. The van der Waals surface area contributed by atoms with Crippen LogP contribution < -0.4 is 10.6 Å². The van der Waals surface area contributed by atoms with Crippen LogP contribution in [0.4, 0.5) is 4.79 Å². The van der Waals surface area contributed by atoms with Gasteiger partial charge in [0.15, 0.2) is 0 Å². The van der Waals surface area contributed by atoms with Crippen LogP contribution in [-0.2, 0) is 4.79 Å². The first-order valence-corrected chi connectivity index (χ1v) is 8.44. The lowest BCUT2D eigenvalue weighted by Crippen LogP contribution is -2.51. The minimum absolute atomic E-state index is 0.0499. The van der Waals surface area contributed by atoms with Gasteiger partial charge in [0.2, 0.25) is 5.91 Å². The van der Waals surface area contributed by atoms with Gasteiger partial charge in [-0.05, 0) is 24.7 Å². The molecule has 3 atom stereocenters. The average Bonchev–Trinajstić information content (AvgIpc) is 3.23. The molecule has 21 heavy (non-hydrogen) atoms. The molecular formula is C16H27N3O2. The van der Waals surface area contributed by atoms with Crippen molar-refractivity contribution in [3.63, 3.8) is 0 Å². The summed E-state index contributed by atoms with van der Waals surface area (Å²) in [5.74, 6) is 1.72. The average molecular weight is 293 g/mol. The van der Waals surface area contributed by atoms with Crippen molar-refractivity contribution >= 4 is 11.9 Å². The van der Waals surface area contributed by atoms with Crippen molar-refractivity contribution < 1.29 is 9.59 Å². The molecule has 0 bridgehead atoms. The number of hydrogen-bond acceptors (Lipinski definition) is 2. The molecule has 2 N–H and O–H groups in total. The van der Waals surface area contributed by atoms with E-state index in [1.54, 1.807) is 11.9 Å². The van der Waals surface area contributed by atoms with Gasteiger partial charge in [-0.1, -0.05) is 32.1 Å². The van der Waals surface area contributed by atoms with Crippen LogP contribution in [0.5, 0.6) is 0 Å². The van der Waals surface area contributed by atoms with Crippen LogP contribution in [0.3, 0.4) is 0 Å². The van der Waals surface area contributed by atoms with Crippen molar-refractivity contribution in [2.24, 2.45) is 11.8 Å². The molecule has 0 radical (unpaired) electrons. The molecule has 3 aliphatic rings. The van der Waals surface area contributed by atoms with E-state index in [0.29, 0.717) is 24.9 Å². The topological polar surface area (TPSA) is 61.4 Å². The number of nitrogens with zero attached hydrogens (tertiary/aromatic N) is 1. The lowest BCUT2D eigenvalue weighted by atomic mass is 9.85. The van der Waals surface area contributed by atoms with Crippen LogP contribution in [0, 0.1) is 11.8 Å². The molecule has 3 fully saturated rings. The third kappa shape index (κ3) is 3.69. The van der Waals surface area contributed by atoms with E-state index in [4.69, 9.17) is 0 Å². The van der Waals surface area contributed by atoms with Gasteiger partial charge >= 0.3 is 6.03 Å². The van der Waals surface area contributed by atoms with E-state index in [1.165, 1.54) is 32.1 Å². The van der Waals surface area contributed by atoms with Gasteiger partial charge in [-0.15, -0.1) is 0 Å². The van der Waals surface area contributed by atoms with Crippen LogP contribution in [0.2, 0.25) is 0 Å². The summed E-state index contributed by atoms with van der Waals surface area (Å²) in [7, 11) is 1.80. The summed E-state index contributed by atoms with van der Waals surface area (Å²) in [6.07, 6.45) is 9.25. The molecule has 1 heterocycles. The molecule has 0 aromatic carbocycles. The normalized spacial score (nSPS) is 33.7. The molecular weight excluding hydrogens is 266 g/mol. The predicted molar refractivity (Wildman–Crippen MR) is 80.8 cm³/mol. The second-order valence-electron chi connectivity index (χ2n) is 7.03. The van der Waals surface area contributed by atoms with Gasteiger partial charge in [0.05, 0.1) is 0 Å². The minimum atomic E-state index is -0.0499. The number of urea groups is 1. The number of piperidine rings is 1. The van der Waals surface area contributed by atoms with Crippen LogP contribution >= 0.6 is 0 Å². The number of carbonyl (C=O) groups excluding carboxylic acids is 2. The zero-order chi connectivity index (χ0) is 14.8. The molecule has 3 amide bonds. The molecule has 5 heteroatoms. The van der Waals surface area contributed by atoms with Crippen LogP contribution in [0.1, 0.15) is 51.4 Å². The number of carbonyl (C=O) groups is 2. The van der Waals surface area contributed by atoms with Crippen molar-refractivity contribution in [1.82, 2.24) is 15.5 Å². The van der Waals surface area contributed by atoms with E-state index in [-0.39, 0.29) is 18.0 Å². The fraction of sp³-hybridized carbons (Fsp3) is 0.875. The van der Waals surface area contributed by atoms with Crippen molar-refractivity contribution in [1.29, 1.82) is 0 Å². The fourth-order valence-electron chi connectivity index (χ4n) is 3.99. The number of likely N-dealkylation sites (N-methyl/N-ethyl adjacent to an activating group) is 1. The van der Waals surface area contributed by atoms with E-state index in [0.717, 1.165) is 18.8 Å². The van der Waals surface area contributed by atoms with E-state index >= 15 is 0 Å². The number of hydrogen-bond donors (Lipinski definition) is 2. The quantitative estimate of drug-likeness (QED) is 0.834. The maximum absolute atomic E-state index is 12.1. The fourth-order valence-corrected chi connectivity index (χ4v) is 3.99. The van der Waals surface area contributed by atoms with Gasteiger partial charge in [0.1, 0.15) is 0 Å². The zero-order valence-electron chi connectivity index (χ0n) is 12.9. The van der Waals surface area contributed by atoms with Crippen molar-refractivity contribution in [2.75, 3.05) is 13.6 Å². The number of amides is 3. The number of rotatable bonds is 3. The Hall–Kier alpha value is -1.26. The van der Waals surface area contributed by atoms with Gasteiger partial charge in [-0.25, -0.2) is 4.79 Å². The van der Waals surface area contributed by atoms with Crippen molar-refractivity contribution in [3.05, 3.63) is 0 Å². The first kappa shape index (κ1) is 14.7. The second kappa shape index (κ2) is 6.24. The molecule has 0 spiro atoms. The standard InChI is InChI=1S/C16H27N3O2/c1-19-10-12(7-8-15(19)20)17-16(21)18-14-9-13(14)11-5-3-2-4-6-11/h11-14H,2-10H2,1H3,(H2,17,18,21). The Kier molecular flexibility index (Phi) is 4.36. The second-order valence-corrected chi connectivity index (χ2v) is 7.03. The Morgan fingerprint density at radius 1 is 1.14 bits per heavy atom. The highest BCUT2D eigenvalue weighted by molar-refractivity contribution is 5.78. The van der Waals surface area contributed by atoms with Gasteiger partial charge in [0.25, 0.3) is 0 Å². The number of likely N-dealkylation sites (tertiary alicyclic amines) is 1.